The van der Waals surface area contributed by atoms with Crippen molar-refractivity contribution in [2.24, 2.45) is 5.41 Å². The van der Waals surface area contributed by atoms with Crippen molar-refractivity contribution in [1.29, 1.82) is 0 Å². The summed E-state index contributed by atoms with van der Waals surface area (Å²) in [6.07, 6.45) is 9.06. The van der Waals surface area contributed by atoms with Crippen LogP contribution < -0.4 is 5.32 Å². The molecule has 0 bridgehead atoms. The van der Waals surface area contributed by atoms with Crippen LogP contribution in [0.2, 0.25) is 0 Å². The van der Waals surface area contributed by atoms with Crippen molar-refractivity contribution in [1.82, 2.24) is 19.9 Å². The fraction of sp³-hybridized carbons (Fsp3) is 0.471. The Morgan fingerprint density at radius 3 is 2.91 bits per heavy atom. The zero-order chi connectivity index (χ0) is 14.8. The fourth-order valence-corrected chi connectivity index (χ4v) is 3.89. The summed E-state index contributed by atoms with van der Waals surface area (Å²) in [5.41, 5.74) is 1.69. The standard InChI is InChI=1S/C17H21N5/c1-2-6-19-14(3-1)11-22-8-5-17(12-22)9-15(10-17)21-16-4-7-18-13-20-16/h1-4,6-7,13,15H,5,8-12H2,(H,18,20,21). The van der Waals surface area contributed by atoms with Gasteiger partial charge >= 0.3 is 0 Å². The first-order chi connectivity index (χ1) is 10.8. The van der Waals surface area contributed by atoms with Gasteiger partial charge in [-0.2, -0.15) is 0 Å². The predicted octanol–water partition coefficient (Wildman–Crippen LogP) is 2.34. The Labute approximate surface area is 130 Å². The van der Waals surface area contributed by atoms with E-state index >= 15 is 0 Å². The molecule has 1 spiro atoms. The number of likely N-dealkylation sites (tertiary alicyclic amines) is 1. The smallest absolute Gasteiger partial charge is 0.129 e. The predicted molar refractivity (Wildman–Crippen MR) is 85.2 cm³/mol. The Morgan fingerprint density at radius 2 is 2.14 bits per heavy atom. The first-order valence-corrected chi connectivity index (χ1v) is 7.96. The number of rotatable bonds is 4. The van der Waals surface area contributed by atoms with Gasteiger partial charge in [-0.1, -0.05) is 6.07 Å². The van der Waals surface area contributed by atoms with Gasteiger partial charge in [0.25, 0.3) is 0 Å². The Balaban J connectivity index is 1.29. The molecule has 1 aliphatic heterocycles. The first kappa shape index (κ1) is 13.6. The van der Waals surface area contributed by atoms with Crippen LogP contribution in [-0.4, -0.2) is 39.0 Å². The largest absolute Gasteiger partial charge is 0.367 e. The van der Waals surface area contributed by atoms with Crippen LogP contribution in [0.4, 0.5) is 5.82 Å². The van der Waals surface area contributed by atoms with Crippen LogP contribution in [-0.2, 0) is 6.54 Å². The van der Waals surface area contributed by atoms with Crippen molar-refractivity contribution in [2.75, 3.05) is 18.4 Å². The van der Waals surface area contributed by atoms with Crippen molar-refractivity contribution in [2.45, 2.75) is 31.8 Å². The molecule has 4 rings (SSSR count). The van der Waals surface area contributed by atoms with Crippen molar-refractivity contribution in [3.63, 3.8) is 0 Å². The van der Waals surface area contributed by atoms with Crippen LogP contribution in [0.5, 0.6) is 0 Å². The number of nitrogens with zero attached hydrogens (tertiary/aromatic N) is 4. The Hall–Kier alpha value is -2.01. The summed E-state index contributed by atoms with van der Waals surface area (Å²) in [6.45, 7) is 3.37. The highest BCUT2D eigenvalue weighted by Gasteiger charge is 2.48. The molecule has 114 valence electrons. The average Bonchev–Trinajstić information content (AvgIpc) is 2.93. The first-order valence-electron chi connectivity index (χ1n) is 7.96. The van der Waals surface area contributed by atoms with Gasteiger partial charge in [0.2, 0.25) is 0 Å². The van der Waals surface area contributed by atoms with Gasteiger partial charge in [-0.25, -0.2) is 9.97 Å². The lowest BCUT2D eigenvalue weighted by atomic mass is 9.65. The highest BCUT2D eigenvalue weighted by Crippen LogP contribution is 2.49. The molecular formula is C17H21N5. The Bertz CT molecular complexity index is 609. The molecule has 0 radical (unpaired) electrons. The van der Waals surface area contributed by atoms with Crippen molar-refractivity contribution < 1.29 is 0 Å². The zero-order valence-electron chi connectivity index (χ0n) is 12.7. The average molecular weight is 295 g/mol. The molecule has 2 fully saturated rings. The Kier molecular flexibility index (Phi) is 3.50. The lowest BCUT2D eigenvalue weighted by Crippen LogP contribution is -2.46. The molecular weight excluding hydrogens is 274 g/mol. The van der Waals surface area contributed by atoms with Gasteiger partial charge in [-0.3, -0.25) is 9.88 Å². The molecule has 1 saturated heterocycles. The second-order valence-corrected chi connectivity index (χ2v) is 6.63. The lowest BCUT2D eigenvalue weighted by Gasteiger charge is -2.45. The van der Waals surface area contributed by atoms with E-state index in [0.29, 0.717) is 11.5 Å². The lowest BCUT2D eigenvalue weighted by molar-refractivity contribution is 0.119. The molecule has 1 aliphatic carbocycles. The number of hydrogen-bond donors (Lipinski definition) is 1. The van der Waals surface area contributed by atoms with Gasteiger partial charge in [-0.05, 0) is 49.4 Å². The minimum Gasteiger partial charge on any atom is -0.367 e. The summed E-state index contributed by atoms with van der Waals surface area (Å²) in [7, 11) is 0. The summed E-state index contributed by atoms with van der Waals surface area (Å²) in [6, 6.07) is 8.66. The summed E-state index contributed by atoms with van der Waals surface area (Å²) < 4.78 is 0. The molecule has 3 heterocycles. The van der Waals surface area contributed by atoms with E-state index in [4.69, 9.17) is 0 Å². The summed E-state index contributed by atoms with van der Waals surface area (Å²) in [5, 5.41) is 3.51. The van der Waals surface area contributed by atoms with Gasteiger partial charge in [0.1, 0.15) is 12.1 Å². The molecule has 0 atom stereocenters. The number of aromatic nitrogens is 3. The van der Waals surface area contributed by atoms with Gasteiger partial charge in [-0.15, -0.1) is 0 Å². The quantitative estimate of drug-likeness (QED) is 0.938. The van der Waals surface area contributed by atoms with E-state index in [-0.39, 0.29) is 0 Å². The Morgan fingerprint density at radius 1 is 1.18 bits per heavy atom. The third-order valence-electron chi connectivity index (χ3n) is 4.92. The van der Waals surface area contributed by atoms with Gasteiger partial charge in [0.15, 0.2) is 0 Å². The minimum atomic E-state index is 0.513. The zero-order valence-corrected chi connectivity index (χ0v) is 12.7. The number of nitrogens with one attached hydrogen (secondary N) is 1. The second kappa shape index (κ2) is 5.65. The monoisotopic (exact) mass is 295 g/mol. The minimum absolute atomic E-state index is 0.513. The molecule has 5 heteroatoms. The molecule has 0 aromatic carbocycles. The van der Waals surface area contributed by atoms with E-state index in [1.165, 1.54) is 38.0 Å². The SMILES string of the molecule is c1ccc(CN2CCC3(CC(Nc4ccncn4)C3)C2)nc1. The van der Waals surface area contributed by atoms with E-state index < -0.39 is 0 Å². The molecule has 2 aliphatic rings. The highest BCUT2D eigenvalue weighted by molar-refractivity contribution is 5.34. The van der Waals surface area contributed by atoms with Crippen LogP contribution in [0.25, 0.3) is 0 Å². The maximum absolute atomic E-state index is 4.44. The molecule has 2 aromatic heterocycles. The van der Waals surface area contributed by atoms with E-state index in [0.717, 1.165) is 12.4 Å². The van der Waals surface area contributed by atoms with Gasteiger partial charge in [0.05, 0.1) is 5.69 Å². The van der Waals surface area contributed by atoms with E-state index in [2.05, 4.69) is 37.3 Å². The van der Waals surface area contributed by atoms with E-state index in [9.17, 15) is 0 Å². The maximum atomic E-state index is 4.44. The highest BCUT2D eigenvalue weighted by atomic mass is 15.2. The number of anilines is 1. The number of hydrogen-bond acceptors (Lipinski definition) is 5. The molecule has 22 heavy (non-hydrogen) atoms. The maximum Gasteiger partial charge on any atom is 0.129 e. The molecule has 5 nitrogen and oxygen atoms in total. The molecule has 1 saturated carbocycles. The molecule has 0 amide bonds. The van der Waals surface area contributed by atoms with Crippen molar-refractivity contribution >= 4 is 5.82 Å². The number of pyridine rings is 1. The topological polar surface area (TPSA) is 53.9 Å². The molecule has 2 aromatic rings. The third kappa shape index (κ3) is 2.81. The van der Waals surface area contributed by atoms with Crippen molar-refractivity contribution in [3.8, 4) is 0 Å². The van der Waals surface area contributed by atoms with Gasteiger partial charge < -0.3 is 5.32 Å². The molecule has 1 N–H and O–H groups in total. The van der Waals surface area contributed by atoms with Crippen LogP contribution >= 0.6 is 0 Å². The summed E-state index contributed by atoms with van der Waals surface area (Å²) >= 11 is 0. The van der Waals surface area contributed by atoms with E-state index in [1.54, 1.807) is 12.5 Å². The summed E-state index contributed by atoms with van der Waals surface area (Å²) in [4.78, 5) is 15.2. The molecule has 0 unspecified atom stereocenters. The van der Waals surface area contributed by atoms with Crippen LogP contribution in [0.3, 0.4) is 0 Å². The van der Waals surface area contributed by atoms with Gasteiger partial charge in [0, 0.05) is 31.5 Å². The second-order valence-electron chi connectivity index (χ2n) is 6.63. The van der Waals surface area contributed by atoms with Crippen LogP contribution in [0, 0.1) is 5.41 Å². The third-order valence-corrected chi connectivity index (χ3v) is 4.92. The normalized spacial score (nSPS) is 27.7. The van der Waals surface area contributed by atoms with Crippen LogP contribution in [0.1, 0.15) is 25.0 Å². The van der Waals surface area contributed by atoms with Crippen molar-refractivity contribution in [3.05, 3.63) is 48.7 Å². The van der Waals surface area contributed by atoms with Crippen LogP contribution in [0.15, 0.2) is 43.0 Å². The fourth-order valence-electron chi connectivity index (χ4n) is 3.89. The summed E-state index contributed by atoms with van der Waals surface area (Å²) in [5.74, 6) is 0.943. The van der Waals surface area contributed by atoms with E-state index in [1.807, 2.05) is 18.3 Å².